The van der Waals surface area contributed by atoms with Crippen LogP contribution in [0.5, 0.6) is 5.75 Å². The molecule has 1 saturated carbocycles. The van der Waals surface area contributed by atoms with Crippen molar-refractivity contribution in [1.29, 1.82) is 5.26 Å². The van der Waals surface area contributed by atoms with Crippen molar-refractivity contribution in [2.75, 3.05) is 0 Å². The normalized spacial score (nSPS) is 25.9. The average Bonchev–Trinajstić information content (AvgIpc) is 2.58. The third kappa shape index (κ3) is 3.11. The molecule has 2 atom stereocenters. The third-order valence-electron chi connectivity index (χ3n) is 5.17. The van der Waals surface area contributed by atoms with E-state index in [1.165, 1.54) is 6.42 Å². The first-order valence-electron chi connectivity index (χ1n) is 8.64. The van der Waals surface area contributed by atoms with Crippen LogP contribution in [0.3, 0.4) is 0 Å². The quantitative estimate of drug-likeness (QED) is 0.874. The minimum absolute atomic E-state index is 0.00434. The highest BCUT2D eigenvalue weighted by molar-refractivity contribution is 5.79. The molecule has 128 valence electrons. The van der Waals surface area contributed by atoms with Gasteiger partial charge in [-0.15, -0.1) is 0 Å². The lowest BCUT2D eigenvalue weighted by Crippen LogP contribution is -2.58. The van der Waals surface area contributed by atoms with E-state index in [1.54, 1.807) is 18.2 Å². The molecule has 5 heteroatoms. The number of nitriles is 1. The first kappa shape index (κ1) is 16.8. The molecule has 1 fully saturated rings. The highest BCUT2D eigenvalue weighted by atomic mass is 16.5. The zero-order valence-corrected chi connectivity index (χ0v) is 14.2. The van der Waals surface area contributed by atoms with E-state index in [9.17, 15) is 9.90 Å². The Balaban J connectivity index is 1.83. The number of amides is 1. The molecule has 2 aliphatic rings. The van der Waals surface area contributed by atoms with E-state index < -0.39 is 17.7 Å². The zero-order valence-electron chi connectivity index (χ0n) is 14.2. The van der Waals surface area contributed by atoms with Crippen LogP contribution in [0.4, 0.5) is 0 Å². The van der Waals surface area contributed by atoms with E-state index in [-0.39, 0.29) is 11.8 Å². The van der Waals surface area contributed by atoms with Gasteiger partial charge < -0.3 is 15.2 Å². The predicted molar refractivity (Wildman–Crippen MR) is 89.3 cm³/mol. The predicted octanol–water partition coefficient (Wildman–Crippen LogP) is 2.83. The van der Waals surface area contributed by atoms with Crippen LogP contribution in [-0.2, 0) is 4.79 Å². The number of carbonyl (C=O) groups is 1. The van der Waals surface area contributed by atoms with Gasteiger partial charge in [-0.05, 0) is 44.9 Å². The summed E-state index contributed by atoms with van der Waals surface area (Å²) in [6, 6.07) is 6.53. The largest absolute Gasteiger partial charge is 0.485 e. The minimum Gasteiger partial charge on any atom is -0.485 e. The lowest BCUT2D eigenvalue weighted by Gasteiger charge is -2.43. The van der Waals surface area contributed by atoms with Crippen molar-refractivity contribution in [3.05, 3.63) is 29.3 Å². The number of fused-ring (bicyclic) bond motifs is 1. The Labute approximate surface area is 142 Å². The van der Waals surface area contributed by atoms with Crippen LogP contribution in [0.25, 0.3) is 0 Å². The molecule has 2 N–H and O–H groups in total. The Hall–Kier alpha value is -2.06. The summed E-state index contributed by atoms with van der Waals surface area (Å²) >= 11 is 0. The summed E-state index contributed by atoms with van der Waals surface area (Å²) in [7, 11) is 0. The minimum atomic E-state index is -0.899. The second-order valence-corrected chi connectivity index (χ2v) is 7.34. The second-order valence-electron chi connectivity index (χ2n) is 7.34. The first-order valence-corrected chi connectivity index (χ1v) is 8.64. The summed E-state index contributed by atoms with van der Waals surface area (Å²) in [6.45, 7) is 3.73. The fraction of sp³-hybridized carbons (Fsp3) is 0.579. The summed E-state index contributed by atoms with van der Waals surface area (Å²) < 4.78 is 6.01. The van der Waals surface area contributed by atoms with E-state index >= 15 is 0 Å². The molecular formula is C19H24N2O3. The van der Waals surface area contributed by atoms with Crippen LogP contribution >= 0.6 is 0 Å². The van der Waals surface area contributed by atoms with E-state index in [0.29, 0.717) is 16.9 Å². The third-order valence-corrected chi connectivity index (χ3v) is 5.17. The van der Waals surface area contributed by atoms with Gasteiger partial charge >= 0.3 is 0 Å². The van der Waals surface area contributed by atoms with Crippen molar-refractivity contribution in [3.8, 4) is 11.8 Å². The van der Waals surface area contributed by atoms with Crippen LogP contribution in [0.15, 0.2) is 18.2 Å². The number of ether oxygens (including phenoxy) is 1. The van der Waals surface area contributed by atoms with Gasteiger partial charge in [0.25, 0.3) is 0 Å². The van der Waals surface area contributed by atoms with Crippen molar-refractivity contribution >= 4 is 5.91 Å². The SMILES string of the molecule is CC1(C)Oc2ccc(C#N)cc2[C@@H](O)[C@@H]1NC(=O)C1CCCCC1. The zero-order chi connectivity index (χ0) is 17.3. The van der Waals surface area contributed by atoms with Crippen molar-refractivity contribution in [2.24, 2.45) is 5.92 Å². The smallest absolute Gasteiger partial charge is 0.223 e. The van der Waals surface area contributed by atoms with Crippen LogP contribution in [0.2, 0.25) is 0 Å². The summed E-state index contributed by atoms with van der Waals surface area (Å²) in [5.41, 5.74) is 0.293. The number of nitrogens with one attached hydrogen (secondary N) is 1. The van der Waals surface area contributed by atoms with E-state index in [0.717, 1.165) is 25.7 Å². The average molecular weight is 328 g/mol. The van der Waals surface area contributed by atoms with Gasteiger partial charge in [0.2, 0.25) is 5.91 Å². The molecule has 1 aliphatic heterocycles. The van der Waals surface area contributed by atoms with Gasteiger partial charge in [-0.25, -0.2) is 0 Å². The lowest BCUT2D eigenvalue weighted by molar-refractivity contribution is -0.131. The fourth-order valence-corrected chi connectivity index (χ4v) is 3.74. The number of benzene rings is 1. The molecule has 5 nitrogen and oxygen atoms in total. The molecule has 3 rings (SSSR count). The fourth-order valence-electron chi connectivity index (χ4n) is 3.74. The molecule has 0 saturated heterocycles. The molecule has 1 heterocycles. The van der Waals surface area contributed by atoms with Crippen LogP contribution < -0.4 is 10.1 Å². The van der Waals surface area contributed by atoms with Gasteiger partial charge in [-0.3, -0.25) is 4.79 Å². The van der Waals surface area contributed by atoms with E-state index in [4.69, 9.17) is 10.00 Å². The molecule has 0 bridgehead atoms. The highest BCUT2D eigenvalue weighted by Gasteiger charge is 2.44. The molecule has 24 heavy (non-hydrogen) atoms. The Morgan fingerprint density at radius 2 is 2.04 bits per heavy atom. The summed E-state index contributed by atoms with van der Waals surface area (Å²) in [5, 5.41) is 22.9. The Morgan fingerprint density at radius 3 is 2.71 bits per heavy atom. The number of hydrogen-bond donors (Lipinski definition) is 2. The van der Waals surface area contributed by atoms with Crippen LogP contribution in [-0.4, -0.2) is 22.7 Å². The molecule has 0 aromatic heterocycles. The molecular weight excluding hydrogens is 304 g/mol. The first-order chi connectivity index (χ1) is 11.4. The molecule has 1 aromatic rings. The standard InChI is InChI=1S/C19H24N2O3/c1-19(2)17(21-18(23)13-6-4-3-5-7-13)16(22)14-10-12(11-20)8-9-15(14)24-19/h8-10,13,16-17,22H,3-7H2,1-2H3,(H,21,23)/t16-,17+/m1/s1. The monoisotopic (exact) mass is 328 g/mol. The van der Waals surface area contributed by atoms with Crippen LogP contribution in [0, 0.1) is 17.2 Å². The van der Waals surface area contributed by atoms with Gasteiger partial charge in [0.15, 0.2) is 0 Å². The topological polar surface area (TPSA) is 82.3 Å². The van der Waals surface area contributed by atoms with Gasteiger partial charge in [-0.1, -0.05) is 19.3 Å². The molecule has 1 amide bonds. The van der Waals surface area contributed by atoms with Gasteiger partial charge in [0.05, 0.1) is 17.7 Å². The molecule has 0 unspecified atom stereocenters. The van der Waals surface area contributed by atoms with Crippen molar-refractivity contribution in [3.63, 3.8) is 0 Å². The molecule has 0 radical (unpaired) electrons. The van der Waals surface area contributed by atoms with E-state index in [2.05, 4.69) is 11.4 Å². The number of nitrogens with zero attached hydrogens (tertiary/aromatic N) is 1. The number of rotatable bonds is 2. The lowest BCUT2D eigenvalue weighted by atomic mass is 9.84. The number of aliphatic hydroxyl groups is 1. The van der Waals surface area contributed by atoms with Crippen LogP contribution in [0.1, 0.15) is 63.2 Å². The molecule has 1 aliphatic carbocycles. The maximum atomic E-state index is 12.6. The summed E-state index contributed by atoms with van der Waals surface area (Å²) in [6.07, 6.45) is 4.27. The maximum absolute atomic E-state index is 12.6. The highest BCUT2D eigenvalue weighted by Crippen LogP contribution is 2.40. The number of hydrogen-bond acceptors (Lipinski definition) is 4. The summed E-state index contributed by atoms with van der Waals surface area (Å²) in [4.78, 5) is 12.6. The van der Waals surface area contributed by atoms with Crippen molar-refractivity contribution < 1.29 is 14.6 Å². The van der Waals surface area contributed by atoms with E-state index in [1.807, 2.05) is 13.8 Å². The van der Waals surface area contributed by atoms with Gasteiger partial charge in [0.1, 0.15) is 17.5 Å². The Morgan fingerprint density at radius 1 is 1.33 bits per heavy atom. The van der Waals surface area contributed by atoms with Crippen molar-refractivity contribution in [2.45, 2.75) is 63.7 Å². The number of carbonyl (C=O) groups excluding carboxylic acids is 1. The Bertz CT molecular complexity index is 672. The maximum Gasteiger partial charge on any atom is 0.223 e. The van der Waals surface area contributed by atoms with Gasteiger partial charge in [0, 0.05) is 11.5 Å². The molecule has 0 spiro atoms. The summed E-state index contributed by atoms with van der Waals surface area (Å²) in [5.74, 6) is 0.582. The number of aliphatic hydroxyl groups excluding tert-OH is 1. The van der Waals surface area contributed by atoms with Crippen molar-refractivity contribution in [1.82, 2.24) is 5.32 Å². The second kappa shape index (κ2) is 6.45. The molecule has 1 aromatic carbocycles. The Kier molecular flexibility index (Phi) is 4.51. The van der Waals surface area contributed by atoms with Gasteiger partial charge in [-0.2, -0.15) is 5.26 Å².